The first-order chi connectivity index (χ1) is 52.7. The standard InChI is InChI=1S/C28H25N6.C21H17N4.C12H8N5.2C11H6N5.4Ir.Pt/c1-18(2)21-8-7-9-22(19(3)4)27(21)34-16-20(14-29)32-28(34)24-17-33(26-10-5-6-12-31-26)25-11-13-30-15-23(24)25;1-14-10-15(2)20(16(3)11-14)25-13-18(12-22)23-21(25)24-9-8-17-6-4-5-7-19(17)24;1-16-7-12(14-8-16)17-11-5-3-2-4-9(11)10(6-13)15-17;2*12-7-9-10-3-1-2-5-16(10)11(14-9)15-6-4-13-8-15;;;;;/h5-13,15-16,18-19H,1-4H3;4-8,10-11,13H,1-3H3;2-5,8H,1H3;2*1-6H;;;;;/q5*-1;;;;;. The third-order valence-corrected chi connectivity index (χ3v) is 17.6. The van der Waals surface area contributed by atoms with Crippen LogP contribution in [0.3, 0.4) is 0 Å². The number of benzene rings is 4. The molecular formula is C83H62Ir4N25Pt-5. The molecule has 4 radical (unpaired) electrons. The van der Waals surface area contributed by atoms with Gasteiger partial charge in [-0.25, -0.2) is 14.6 Å². The Hall–Kier alpha value is -12.1. The number of fused-ring (bicyclic) bond motifs is 5. The number of hydrogen-bond acceptors (Lipinski definition) is 15. The summed E-state index contributed by atoms with van der Waals surface area (Å²) in [6.45, 7) is 15.0. The Kier molecular flexibility index (Phi) is 28.4. The molecule has 0 bridgehead atoms. The van der Waals surface area contributed by atoms with Crippen molar-refractivity contribution >= 4 is 43.7 Å². The Morgan fingerprint density at radius 2 is 1.04 bits per heavy atom. The molecule has 0 aliphatic carbocycles. The van der Waals surface area contributed by atoms with Crippen molar-refractivity contribution in [2.24, 2.45) is 7.05 Å². The van der Waals surface area contributed by atoms with Crippen LogP contribution >= 0.6 is 0 Å². The van der Waals surface area contributed by atoms with Gasteiger partial charge in [0, 0.05) is 168 Å². The topological polar surface area (TPSA) is 296 Å². The number of aryl methyl sites for hydroxylation is 4. The second kappa shape index (κ2) is 37.7. The fourth-order valence-electron chi connectivity index (χ4n) is 12.9. The summed E-state index contributed by atoms with van der Waals surface area (Å²) in [5.41, 5.74) is 15.2. The molecule has 113 heavy (non-hydrogen) atoms. The third kappa shape index (κ3) is 17.4. The van der Waals surface area contributed by atoms with Crippen molar-refractivity contribution in [3.05, 3.63) is 308 Å². The quantitative estimate of drug-likeness (QED) is 0.115. The first kappa shape index (κ1) is 84.9. The zero-order valence-electron chi connectivity index (χ0n) is 61.3. The number of nitrogens with zero attached hydrogens (tertiary/aromatic N) is 25. The van der Waals surface area contributed by atoms with E-state index in [1.807, 2.05) is 170 Å². The van der Waals surface area contributed by atoms with Gasteiger partial charge in [0.2, 0.25) is 0 Å². The van der Waals surface area contributed by atoms with Crippen molar-refractivity contribution in [3.63, 3.8) is 0 Å². The molecule has 0 N–H and O–H groups in total. The van der Waals surface area contributed by atoms with E-state index in [9.17, 15) is 10.5 Å². The van der Waals surface area contributed by atoms with E-state index >= 15 is 0 Å². The summed E-state index contributed by atoms with van der Waals surface area (Å²) >= 11 is 0. The van der Waals surface area contributed by atoms with Gasteiger partial charge in [-0.15, -0.1) is 23.7 Å². The Morgan fingerprint density at radius 1 is 0.478 bits per heavy atom. The van der Waals surface area contributed by atoms with Crippen LogP contribution in [0.2, 0.25) is 0 Å². The van der Waals surface area contributed by atoms with Gasteiger partial charge < -0.3 is 55.7 Å². The minimum Gasteiger partial charge on any atom is -0.501 e. The minimum atomic E-state index is 0. The van der Waals surface area contributed by atoms with Crippen LogP contribution < -0.4 is 0 Å². The molecule has 0 atom stereocenters. The smallest absolute Gasteiger partial charge is 0.170 e. The molecule has 4 aromatic carbocycles. The van der Waals surface area contributed by atoms with Crippen LogP contribution in [0.25, 0.3) is 96.0 Å². The van der Waals surface area contributed by atoms with E-state index in [0.29, 0.717) is 69.8 Å². The zero-order chi connectivity index (χ0) is 75.1. The fraction of sp³-hybridized carbons (Fsp3) is 0.120. The molecule has 0 unspecified atom stereocenters. The first-order valence-electron chi connectivity index (χ1n) is 34.0. The van der Waals surface area contributed by atoms with Crippen molar-refractivity contribution < 1.29 is 101 Å². The van der Waals surface area contributed by atoms with Crippen LogP contribution in [0.4, 0.5) is 0 Å². The van der Waals surface area contributed by atoms with E-state index in [4.69, 9.17) is 20.8 Å². The van der Waals surface area contributed by atoms with Crippen LogP contribution in [0, 0.1) is 109 Å². The van der Waals surface area contributed by atoms with Gasteiger partial charge in [0.15, 0.2) is 17.1 Å². The number of aromatic nitrogens is 20. The SMILES string of the molecule is CC(C)c1cccc(C(C)C)c1-n1cc(C#N)nc1-c1[c-]n(-c2ccccn2)c2ccncc12.Cc1cc(C)c(-n2cc(C#N)nc2-n2[c-]cc3ccccc32)c(C)c1.Cn1[c-]c(-n2nc(C#N)c3ccccc32)nc1.N#Cc1nc(-n2[c-]ncc2)n2ccccc12.N#Cc1nc(-n2[c-]ncc2)n2ccccc12.[Ir].[Ir].[Ir].[Ir].[Pt]. The van der Waals surface area contributed by atoms with Gasteiger partial charge in [-0.05, 0) is 122 Å². The molecule has 0 saturated heterocycles. The van der Waals surface area contributed by atoms with E-state index in [1.165, 1.54) is 16.7 Å². The summed E-state index contributed by atoms with van der Waals surface area (Å²) < 4.78 is 18.2. The van der Waals surface area contributed by atoms with Crippen LogP contribution in [0.5, 0.6) is 0 Å². The average Bonchev–Trinajstić information content (AvgIpc) is 1.62. The molecule has 30 heteroatoms. The second-order valence-corrected chi connectivity index (χ2v) is 25.4. The van der Waals surface area contributed by atoms with Crippen molar-refractivity contribution in [1.29, 1.82) is 26.3 Å². The Bertz CT molecular complexity index is 6380. The summed E-state index contributed by atoms with van der Waals surface area (Å²) in [6.07, 6.45) is 36.3. The third-order valence-electron chi connectivity index (χ3n) is 17.6. The van der Waals surface area contributed by atoms with E-state index in [1.54, 1.807) is 68.1 Å². The predicted molar refractivity (Wildman–Crippen MR) is 404 cm³/mol. The largest absolute Gasteiger partial charge is 0.501 e. The van der Waals surface area contributed by atoms with Crippen molar-refractivity contribution in [3.8, 4) is 82.6 Å². The molecule has 0 aliphatic rings. The van der Waals surface area contributed by atoms with Crippen molar-refractivity contribution in [2.75, 3.05) is 0 Å². The molecule has 14 aromatic heterocycles. The molecule has 570 valence electrons. The normalized spacial score (nSPS) is 10.4. The van der Waals surface area contributed by atoms with Gasteiger partial charge in [0.1, 0.15) is 59.6 Å². The maximum atomic E-state index is 9.76. The van der Waals surface area contributed by atoms with E-state index < -0.39 is 0 Å². The van der Waals surface area contributed by atoms with Crippen LogP contribution in [0.1, 0.15) is 95.8 Å². The fourth-order valence-corrected chi connectivity index (χ4v) is 12.9. The maximum absolute atomic E-state index is 9.76. The van der Waals surface area contributed by atoms with E-state index in [2.05, 4.69) is 190 Å². The number of nitriles is 5. The number of pyridine rings is 4. The van der Waals surface area contributed by atoms with Gasteiger partial charge in [-0.2, -0.15) is 31.4 Å². The molecule has 0 saturated carbocycles. The number of rotatable bonds is 10. The second-order valence-electron chi connectivity index (χ2n) is 25.4. The molecule has 0 aliphatic heterocycles. The molecule has 18 rings (SSSR count). The number of para-hydroxylation sites is 3. The Balaban J connectivity index is 0.000000166. The summed E-state index contributed by atoms with van der Waals surface area (Å²) in [7, 11) is 1.84. The van der Waals surface area contributed by atoms with Crippen LogP contribution in [-0.2, 0) is 109 Å². The monoisotopic (exact) mass is 2380 g/mol. The van der Waals surface area contributed by atoms with Crippen molar-refractivity contribution in [1.82, 2.24) is 95.4 Å². The molecule has 25 nitrogen and oxygen atoms in total. The summed E-state index contributed by atoms with van der Waals surface area (Å²) in [4.78, 5) is 38.5. The van der Waals surface area contributed by atoms with Gasteiger partial charge in [-0.1, -0.05) is 178 Å². The van der Waals surface area contributed by atoms with Gasteiger partial charge in [-0.3, -0.25) is 19.9 Å². The first-order valence-corrected chi connectivity index (χ1v) is 34.0. The van der Waals surface area contributed by atoms with Gasteiger partial charge in [0.25, 0.3) is 0 Å². The summed E-state index contributed by atoms with van der Waals surface area (Å²) in [5.74, 6) is 4.52. The van der Waals surface area contributed by atoms with E-state index in [0.717, 1.165) is 77.6 Å². The van der Waals surface area contributed by atoms with Gasteiger partial charge >= 0.3 is 0 Å². The molecule has 14 heterocycles. The molecule has 0 fully saturated rings. The Labute approximate surface area is 718 Å². The Morgan fingerprint density at radius 3 is 1.60 bits per heavy atom. The average molecular weight is 2370 g/mol. The van der Waals surface area contributed by atoms with Crippen molar-refractivity contribution in [2.45, 2.75) is 60.3 Å². The maximum Gasteiger partial charge on any atom is 0.170 e. The number of imidazole rings is 7. The molecular weight excluding hydrogens is 2310 g/mol. The summed E-state index contributed by atoms with van der Waals surface area (Å²) in [6, 6.07) is 57.9. The predicted octanol–water partition coefficient (Wildman–Crippen LogP) is 14.4. The van der Waals surface area contributed by atoms with Crippen LogP contribution in [-0.4, -0.2) is 95.4 Å². The van der Waals surface area contributed by atoms with Gasteiger partial charge in [0.05, 0.1) is 34.0 Å². The molecule has 18 aromatic rings. The molecule has 0 spiro atoms. The zero-order valence-corrected chi connectivity index (χ0v) is 73.1. The molecule has 0 amide bonds. The minimum absolute atomic E-state index is 0. The van der Waals surface area contributed by atoms with E-state index in [-0.39, 0.29) is 101 Å². The number of hydrogen-bond donors (Lipinski definition) is 0. The summed E-state index contributed by atoms with van der Waals surface area (Å²) in [5, 5.41) is 53.2. The van der Waals surface area contributed by atoms with Crippen LogP contribution in [0.15, 0.2) is 220 Å².